The molecule has 6 nitrogen and oxygen atoms in total. The van der Waals surface area contributed by atoms with Gasteiger partial charge in [0.25, 0.3) is 0 Å². The van der Waals surface area contributed by atoms with Crippen molar-refractivity contribution in [2.45, 2.75) is 26.7 Å². The van der Waals surface area contributed by atoms with Crippen LogP contribution in [0.5, 0.6) is 0 Å². The number of nitrogens with one attached hydrogen (secondary N) is 2. The Morgan fingerprint density at radius 3 is 2.33 bits per heavy atom. The number of aryl methyl sites for hydroxylation is 1. The lowest BCUT2D eigenvalue weighted by atomic mass is 10.1. The van der Waals surface area contributed by atoms with Gasteiger partial charge in [0.15, 0.2) is 0 Å². The lowest BCUT2D eigenvalue weighted by molar-refractivity contribution is -0.133. The van der Waals surface area contributed by atoms with Crippen molar-refractivity contribution in [2.24, 2.45) is 0 Å². The van der Waals surface area contributed by atoms with E-state index >= 15 is 0 Å². The molecular weight excluding hydrogens is 412 g/mol. The quantitative estimate of drug-likeness (QED) is 0.405. The maximum atomic E-state index is 12.2. The zero-order valence-corrected chi connectivity index (χ0v) is 16.8. The van der Waals surface area contributed by atoms with Crippen molar-refractivity contribution in [1.82, 2.24) is 0 Å². The molecule has 0 bridgehead atoms. The topological polar surface area (TPSA) is 84.5 Å². The molecule has 0 saturated carbocycles. The van der Waals surface area contributed by atoms with E-state index in [0.717, 1.165) is 22.9 Å². The van der Waals surface area contributed by atoms with Gasteiger partial charge in [-0.15, -0.1) is 0 Å². The first kappa shape index (κ1) is 20.6. The van der Waals surface area contributed by atoms with Gasteiger partial charge in [-0.2, -0.15) is 0 Å². The van der Waals surface area contributed by atoms with E-state index in [9.17, 15) is 14.4 Å². The SMILES string of the molecule is CCCCOC(=O)c1ccccc1NC(=O)C(=O)Nc1ccc(Br)cc1C. The summed E-state index contributed by atoms with van der Waals surface area (Å²) in [6.07, 6.45) is 1.66. The molecule has 2 aromatic carbocycles. The maximum absolute atomic E-state index is 12.2. The molecule has 0 aliphatic heterocycles. The van der Waals surface area contributed by atoms with E-state index in [1.807, 2.05) is 19.9 Å². The van der Waals surface area contributed by atoms with Gasteiger partial charge in [-0.1, -0.05) is 41.4 Å². The number of amides is 2. The number of anilines is 2. The smallest absolute Gasteiger partial charge is 0.340 e. The summed E-state index contributed by atoms with van der Waals surface area (Å²) in [5, 5.41) is 5.03. The minimum Gasteiger partial charge on any atom is -0.462 e. The van der Waals surface area contributed by atoms with Crippen LogP contribution in [0.2, 0.25) is 0 Å². The number of benzene rings is 2. The Bertz CT molecular complexity index is 852. The molecule has 0 aliphatic rings. The van der Waals surface area contributed by atoms with Gasteiger partial charge in [-0.05, 0) is 49.2 Å². The van der Waals surface area contributed by atoms with Crippen molar-refractivity contribution >= 4 is 45.1 Å². The number of carbonyl (C=O) groups excluding carboxylic acids is 3. The first-order valence-corrected chi connectivity index (χ1v) is 9.36. The van der Waals surface area contributed by atoms with E-state index in [1.54, 1.807) is 36.4 Å². The molecule has 0 spiro atoms. The highest BCUT2D eigenvalue weighted by Gasteiger charge is 2.19. The van der Waals surface area contributed by atoms with Gasteiger partial charge < -0.3 is 15.4 Å². The van der Waals surface area contributed by atoms with E-state index in [4.69, 9.17) is 4.74 Å². The van der Waals surface area contributed by atoms with Crippen molar-refractivity contribution in [3.05, 3.63) is 58.1 Å². The molecule has 0 atom stereocenters. The Morgan fingerprint density at radius 1 is 1.00 bits per heavy atom. The van der Waals surface area contributed by atoms with Gasteiger partial charge in [0.2, 0.25) is 0 Å². The highest BCUT2D eigenvalue weighted by Crippen LogP contribution is 2.20. The molecule has 7 heteroatoms. The number of unbranched alkanes of at least 4 members (excludes halogenated alkanes) is 1. The van der Waals surface area contributed by atoms with Gasteiger partial charge in [0.1, 0.15) is 0 Å². The Morgan fingerprint density at radius 2 is 1.67 bits per heavy atom. The summed E-state index contributed by atoms with van der Waals surface area (Å²) >= 11 is 3.34. The van der Waals surface area contributed by atoms with Crippen molar-refractivity contribution in [2.75, 3.05) is 17.2 Å². The van der Waals surface area contributed by atoms with Gasteiger partial charge >= 0.3 is 17.8 Å². The Balaban J connectivity index is 2.06. The van der Waals surface area contributed by atoms with Crippen LogP contribution >= 0.6 is 15.9 Å². The molecule has 27 heavy (non-hydrogen) atoms. The third-order valence-corrected chi connectivity index (χ3v) is 4.26. The predicted octanol–water partition coefficient (Wildman–Crippen LogP) is 4.29. The Kier molecular flexibility index (Phi) is 7.55. The number of rotatable bonds is 6. The molecule has 2 aromatic rings. The number of para-hydroxylation sites is 1. The van der Waals surface area contributed by atoms with Crippen LogP contribution < -0.4 is 10.6 Å². The third kappa shape index (κ3) is 5.92. The van der Waals surface area contributed by atoms with E-state index in [0.29, 0.717) is 12.3 Å². The lowest BCUT2D eigenvalue weighted by Crippen LogP contribution is -2.30. The zero-order chi connectivity index (χ0) is 19.8. The molecule has 0 radical (unpaired) electrons. The molecule has 0 aromatic heterocycles. The standard InChI is InChI=1S/C20H21BrN2O4/c1-3-4-11-27-20(26)15-7-5-6-8-17(15)23-19(25)18(24)22-16-10-9-14(21)12-13(16)2/h5-10,12H,3-4,11H2,1-2H3,(H,22,24)(H,23,25). The number of ether oxygens (including phenoxy) is 1. The fourth-order valence-electron chi connectivity index (χ4n) is 2.28. The monoisotopic (exact) mass is 432 g/mol. The van der Waals surface area contributed by atoms with Crippen LogP contribution in [0.1, 0.15) is 35.7 Å². The molecule has 2 N–H and O–H groups in total. The van der Waals surface area contributed by atoms with Crippen LogP contribution in [0.25, 0.3) is 0 Å². The Hall–Kier alpha value is -2.67. The number of carbonyl (C=O) groups is 3. The number of hydrogen-bond donors (Lipinski definition) is 2. The van der Waals surface area contributed by atoms with E-state index < -0.39 is 17.8 Å². The van der Waals surface area contributed by atoms with Crippen LogP contribution in [0, 0.1) is 6.92 Å². The van der Waals surface area contributed by atoms with Crippen LogP contribution in [0.4, 0.5) is 11.4 Å². The number of esters is 1. The average molecular weight is 433 g/mol. The summed E-state index contributed by atoms with van der Waals surface area (Å²) in [6, 6.07) is 11.7. The summed E-state index contributed by atoms with van der Waals surface area (Å²) in [5.41, 5.74) is 1.78. The molecular formula is C20H21BrN2O4. The zero-order valence-electron chi connectivity index (χ0n) is 15.2. The van der Waals surface area contributed by atoms with E-state index in [2.05, 4.69) is 26.6 Å². The molecule has 2 rings (SSSR count). The predicted molar refractivity (Wildman–Crippen MR) is 108 cm³/mol. The number of halogens is 1. The third-order valence-electron chi connectivity index (χ3n) is 3.77. The molecule has 0 saturated heterocycles. The summed E-state index contributed by atoms with van der Waals surface area (Å²) in [6.45, 7) is 4.12. The number of hydrogen-bond acceptors (Lipinski definition) is 4. The fraction of sp³-hybridized carbons (Fsp3) is 0.250. The second-order valence-corrected chi connectivity index (χ2v) is 6.82. The average Bonchev–Trinajstić information content (AvgIpc) is 2.64. The van der Waals surface area contributed by atoms with Crippen molar-refractivity contribution in [3.8, 4) is 0 Å². The molecule has 0 unspecified atom stereocenters. The van der Waals surface area contributed by atoms with Gasteiger partial charge in [-0.25, -0.2) is 4.79 Å². The van der Waals surface area contributed by atoms with Crippen LogP contribution in [0.15, 0.2) is 46.9 Å². The summed E-state index contributed by atoms with van der Waals surface area (Å²) in [7, 11) is 0. The van der Waals surface area contributed by atoms with Crippen molar-refractivity contribution < 1.29 is 19.1 Å². The molecule has 142 valence electrons. The summed E-state index contributed by atoms with van der Waals surface area (Å²) in [4.78, 5) is 36.6. The minimum atomic E-state index is -0.869. The molecule has 2 amide bonds. The van der Waals surface area contributed by atoms with Crippen LogP contribution in [-0.4, -0.2) is 24.4 Å². The first-order valence-electron chi connectivity index (χ1n) is 8.57. The second-order valence-electron chi connectivity index (χ2n) is 5.90. The first-order chi connectivity index (χ1) is 12.9. The molecule has 0 heterocycles. The van der Waals surface area contributed by atoms with E-state index in [-0.39, 0.29) is 11.3 Å². The highest BCUT2D eigenvalue weighted by molar-refractivity contribution is 9.10. The van der Waals surface area contributed by atoms with Gasteiger partial charge in [0.05, 0.1) is 17.9 Å². The van der Waals surface area contributed by atoms with Crippen LogP contribution in [0.3, 0.4) is 0 Å². The molecule has 0 fully saturated rings. The normalized spacial score (nSPS) is 10.2. The molecule has 0 aliphatic carbocycles. The fourth-order valence-corrected chi connectivity index (χ4v) is 2.76. The maximum Gasteiger partial charge on any atom is 0.340 e. The van der Waals surface area contributed by atoms with Gasteiger partial charge in [0, 0.05) is 10.2 Å². The van der Waals surface area contributed by atoms with Crippen molar-refractivity contribution in [1.29, 1.82) is 0 Å². The second kappa shape index (κ2) is 9.87. The summed E-state index contributed by atoms with van der Waals surface area (Å²) < 4.78 is 6.05. The minimum absolute atomic E-state index is 0.203. The highest BCUT2D eigenvalue weighted by atomic mass is 79.9. The van der Waals surface area contributed by atoms with E-state index in [1.165, 1.54) is 0 Å². The lowest BCUT2D eigenvalue weighted by Gasteiger charge is -2.12. The van der Waals surface area contributed by atoms with Crippen molar-refractivity contribution in [3.63, 3.8) is 0 Å². The Labute approximate surface area is 166 Å². The van der Waals surface area contributed by atoms with Gasteiger partial charge in [-0.3, -0.25) is 9.59 Å². The summed E-state index contributed by atoms with van der Waals surface area (Å²) in [5.74, 6) is -2.23. The largest absolute Gasteiger partial charge is 0.462 e. The van der Waals surface area contributed by atoms with Crippen LogP contribution in [-0.2, 0) is 14.3 Å².